The molecule has 2 aromatic rings. The van der Waals surface area contributed by atoms with E-state index in [1.54, 1.807) is 18.2 Å². The number of hydrogen-bond acceptors (Lipinski definition) is 2. The molecule has 0 aliphatic carbocycles. The minimum absolute atomic E-state index is 0.0705. The number of nitrogens with one attached hydrogen (secondary N) is 1. The maximum absolute atomic E-state index is 11.9. The fourth-order valence-electron chi connectivity index (χ4n) is 2.15. The van der Waals surface area contributed by atoms with Crippen LogP contribution in [0.3, 0.4) is 0 Å². The molecule has 0 heterocycles. The van der Waals surface area contributed by atoms with Gasteiger partial charge in [-0.25, -0.2) is 0 Å². The number of ether oxygens (including phenoxy) is 1. The molecule has 1 N–H and O–H groups in total. The lowest BCUT2D eigenvalue weighted by Gasteiger charge is -2.14. The Hall–Kier alpha value is -1.71. The first-order valence-electron chi connectivity index (χ1n) is 7.45. The van der Waals surface area contributed by atoms with Crippen LogP contribution >= 0.6 is 23.2 Å². The Balaban J connectivity index is 1.74. The molecule has 23 heavy (non-hydrogen) atoms. The summed E-state index contributed by atoms with van der Waals surface area (Å²) in [5.41, 5.74) is 1.26. The summed E-state index contributed by atoms with van der Waals surface area (Å²) < 4.78 is 5.41. The van der Waals surface area contributed by atoms with Crippen molar-refractivity contribution in [2.75, 3.05) is 6.61 Å². The predicted octanol–water partition coefficient (Wildman–Crippen LogP) is 4.51. The van der Waals surface area contributed by atoms with Gasteiger partial charge >= 0.3 is 0 Å². The van der Waals surface area contributed by atoms with Crippen LogP contribution in [-0.2, 0) is 11.2 Å². The molecule has 2 aromatic carbocycles. The van der Waals surface area contributed by atoms with E-state index in [1.807, 2.05) is 25.1 Å². The van der Waals surface area contributed by atoms with E-state index in [-0.39, 0.29) is 18.6 Å². The number of aryl methyl sites for hydroxylation is 1. The third-order valence-electron chi connectivity index (χ3n) is 3.37. The Labute approximate surface area is 146 Å². The minimum atomic E-state index is -0.179. The number of halogens is 2. The first kappa shape index (κ1) is 17.6. The van der Waals surface area contributed by atoms with E-state index in [0.29, 0.717) is 15.8 Å². The van der Waals surface area contributed by atoms with Gasteiger partial charge in [0, 0.05) is 17.1 Å². The topological polar surface area (TPSA) is 38.3 Å². The number of rotatable bonds is 7. The SMILES string of the molecule is CC(CCc1ccccc1)NC(=O)COc1cc(Cl)ccc1Cl. The van der Waals surface area contributed by atoms with Crippen LogP contribution in [0, 0.1) is 0 Å². The van der Waals surface area contributed by atoms with Crippen LogP contribution in [0.15, 0.2) is 48.5 Å². The summed E-state index contributed by atoms with van der Waals surface area (Å²) in [5.74, 6) is 0.229. The molecular formula is C18H19Cl2NO2. The van der Waals surface area contributed by atoms with E-state index in [9.17, 15) is 4.79 Å². The second-order valence-corrected chi connectivity index (χ2v) is 6.20. The highest BCUT2D eigenvalue weighted by atomic mass is 35.5. The highest BCUT2D eigenvalue weighted by Crippen LogP contribution is 2.27. The van der Waals surface area contributed by atoms with Gasteiger partial charge in [0.25, 0.3) is 5.91 Å². The average molecular weight is 352 g/mol. The normalized spacial score (nSPS) is 11.8. The maximum Gasteiger partial charge on any atom is 0.258 e. The molecule has 0 fully saturated rings. The van der Waals surface area contributed by atoms with Crippen molar-refractivity contribution >= 4 is 29.1 Å². The fourth-order valence-corrected chi connectivity index (χ4v) is 2.48. The average Bonchev–Trinajstić information content (AvgIpc) is 2.55. The number of carbonyl (C=O) groups excluding carboxylic acids is 1. The Morgan fingerprint density at radius 3 is 2.65 bits per heavy atom. The lowest BCUT2D eigenvalue weighted by molar-refractivity contribution is -0.123. The van der Waals surface area contributed by atoms with Crippen molar-refractivity contribution in [2.45, 2.75) is 25.8 Å². The highest BCUT2D eigenvalue weighted by molar-refractivity contribution is 6.34. The number of hydrogen-bond donors (Lipinski definition) is 1. The van der Waals surface area contributed by atoms with Crippen molar-refractivity contribution in [1.82, 2.24) is 5.32 Å². The van der Waals surface area contributed by atoms with Crippen LogP contribution in [0.5, 0.6) is 5.75 Å². The third-order valence-corrected chi connectivity index (χ3v) is 3.92. The molecule has 2 rings (SSSR count). The molecule has 0 spiro atoms. The molecule has 3 nitrogen and oxygen atoms in total. The van der Waals surface area contributed by atoms with Gasteiger partial charge in [0.05, 0.1) is 5.02 Å². The monoisotopic (exact) mass is 351 g/mol. The quantitative estimate of drug-likeness (QED) is 0.796. The van der Waals surface area contributed by atoms with Crippen molar-refractivity contribution < 1.29 is 9.53 Å². The Bertz CT molecular complexity index is 647. The molecule has 0 aromatic heterocycles. The summed E-state index contributed by atoms with van der Waals surface area (Å²) >= 11 is 11.9. The first-order chi connectivity index (χ1) is 11.0. The smallest absolute Gasteiger partial charge is 0.258 e. The van der Waals surface area contributed by atoms with Gasteiger partial charge in [0.2, 0.25) is 0 Å². The van der Waals surface area contributed by atoms with Crippen LogP contribution in [0.2, 0.25) is 10.0 Å². The Kier molecular flexibility index (Phi) is 6.75. The zero-order valence-corrected chi connectivity index (χ0v) is 14.4. The number of benzene rings is 2. The molecule has 122 valence electrons. The third kappa shape index (κ3) is 6.12. The van der Waals surface area contributed by atoms with Crippen LogP contribution in [0.25, 0.3) is 0 Å². The van der Waals surface area contributed by atoms with E-state index >= 15 is 0 Å². The first-order valence-corrected chi connectivity index (χ1v) is 8.21. The Morgan fingerprint density at radius 2 is 1.91 bits per heavy atom. The van der Waals surface area contributed by atoms with Crippen LogP contribution in [-0.4, -0.2) is 18.6 Å². The number of amides is 1. The molecule has 1 unspecified atom stereocenters. The molecule has 1 atom stereocenters. The molecule has 0 radical (unpaired) electrons. The van der Waals surface area contributed by atoms with Crippen molar-refractivity contribution in [3.8, 4) is 5.75 Å². The molecule has 0 saturated carbocycles. The largest absolute Gasteiger partial charge is 0.482 e. The van der Waals surface area contributed by atoms with Gasteiger partial charge in [-0.05, 0) is 37.5 Å². The van der Waals surface area contributed by atoms with Gasteiger partial charge in [-0.15, -0.1) is 0 Å². The summed E-state index contributed by atoms with van der Waals surface area (Å²) in [5, 5.41) is 3.86. The van der Waals surface area contributed by atoms with E-state index in [4.69, 9.17) is 27.9 Å². The summed E-state index contributed by atoms with van der Waals surface area (Å²) in [6.45, 7) is 1.89. The summed E-state index contributed by atoms with van der Waals surface area (Å²) in [4.78, 5) is 11.9. The van der Waals surface area contributed by atoms with Crippen molar-refractivity contribution in [3.05, 3.63) is 64.1 Å². The van der Waals surface area contributed by atoms with Crippen LogP contribution < -0.4 is 10.1 Å². The van der Waals surface area contributed by atoms with Gasteiger partial charge in [-0.3, -0.25) is 4.79 Å². The van der Waals surface area contributed by atoms with Gasteiger partial charge in [-0.2, -0.15) is 0 Å². The Morgan fingerprint density at radius 1 is 1.17 bits per heavy atom. The zero-order chi connectivity index (χ0) is 16.7. The molecule has 1 amide bonds. The highest BCUT2D eigenvalue weighted by Gasteiger charge is 2.10. The second-order valence-electron chi connectivity index (χ2n) is 5.36. The fraction of sp³-hybridized carbons (Fsp3) is 0.278. The van der Waals surface area contributed by atoms with E-state index in [1.165, 1.54) is 5.56 Å². The minimum Gasteiger partial charge on any atom is -0.482 e. The van der Waals surface area contributed by atoms with E-state index in [2.05, 4.69) is 17.4 Å². The zero-order valence-electron chi connectivity index (χ0n) is 12.9. The van der Waals surface area contributed by atoms with Gasteiger partial charge in [0.15, 0.2) is 6.61 Å². The molecule has 0 aliphatic heterocycles. The van der Waals surface area contributed by atoms with Crippen molar-refractivity contribution in [2.24, 2.45) is 0 Å². The van der Waals surface area contributed by atoms with Crippen LogP contribution in [0.4, 0.5) is 0 Å². The molecule has 0 saturated heterocycles. The predicted molar refractivity (Wildman–Crippen MR) is 94.3 cm³/mol. The molecular weight excluding hydrogens is 333 g/mol. The van der Waals surface area contributed by atoms with Gasteiger partial charge < -0.3 is 10.1 Å². The lowest BCUT2D eigenvalue weighted by atomic mass is 10.1. The molecule has 0 bridgehead atoms. The number of carbonyl (C=O) groups is 1. The lowest BCUT2D eigenvalue weighted by Crippen LogP contribution is -2.36. The maximum atomic E-state index is 11.9. The van der Waals surface area contributed by atoms with Crippen LogP contribution in [0.1, 0.15) is 18.9 Å². The summed E-state index contributed by atoms with van der Waals surface area (Å²) in [6.07, 6.45) is 1.79. The molecule has 0 aliphatic rings. The van der Waals surface area contributed by atoms with Crippen molar-refractivity contribution in [3.63, 3.8) is 0 Å². The van der Waals surface area contributed by atoms with Gasteiger partial charge in [0.1, 0.15) is 5.75 Å². The van der Waals surface area contributed by atoms with E-state index in [0.717, 1.165) is 12.8 Å². The standard InChI is InChI=1S/C18H19Cl2NO2/c1-13(7-8-14-5-3-2-4-6-14)21-18(22)12-23-17-11-15(19)9-10-16(17)20/h2-6,9-11,13H,7-8,12H2,1H3,(H,21,22). The van der Waals surface area contributed by atoms with Crippen molar-refractivity contribution in [1.29, 1.82) is 0 Å². The van der Waals surface area contributed by atoms with E-state index < -0.39 is 0 Å². The summed E-state index contributed by atoms with van der Waals surface area (Å²) in [7, 11) is 0. The van der Waals surface area contributed by atoms with Gasteiger partial charge in [-0.1, -0.05) is 53.5 Å². The molecule has 5 heteroatoms. The second kappa shape index (κ2) is 8.80. The summed E-state index contributed by atoms with van der Waals surface area (Å²) in [6, 6.07) is 15.2.